The van der Waals surface area contributed by atoms with E-state index >= 15 is 0 Å². The lowest BCUT2D eigenvalue weighted by atomic mass is 9.89. The molecule has 4 aromatic rings. The molecule has 1 aliphatic rings. The van der Waals surface area contributed by atoms with E-state index in [-0.39, 0.29) is 61.7 Å². The Bertz CT molecular complexity index is 2010. The van der Waals surface area contributed by atoms with Crippen LogP contribution in [0.2, 0.25) is 0 Å². The first kappa shape index (κ1) is 44.0. The molecular formula is C43H49N5O10. The van der Waals surface area contributed by atoms with Gasteiger partial charge in [-0.3, -0.25) is 19.7 Å². The minimum atomic E-state index is -1.01. The number of nitrogens with one attached hydrogen (secondary N) is 3. The number of alkyl carbamates (subject to hydrolysis) is 1. The first-order chi connectivity index (χ1) is 27.9. The Morgan fingerprint density at radius 1 is 0.828 bits per heavy atom. The van der Waals surface area contributed by atoms with Gasteiger partial charge < -0.3 is 35.9 Å². The molecule has 0 heterocycles. The van der Waals surface area contributed by atoms with Crippen LogP contribution >= 0.6 is 0 Å². The molecule has 0 aliphatic heterocycles. The lowest BCUT2D eigenvalue weighted by molar-refractivity contribution is -0.384. The van der Waals surface area contributed by atoms with E-state index in [0.29, 0.717) is 17.7 Å². The second-order valence-corrected chi connectivity index (χ2v) is 13.6. The van der Waals surface area contributed by atoms with Crippen molar-refractivity contribution in [3.8, 4) is 16.9 Å². The highest BCUT2D eigenvalue weighted by atomic mass is 16.7. The van der Waals surface area contributed by atoms with Crippen molar-refractivity contribution in [2.75, 3.05) is 18.5 Å². The molecule has 5 rings (SSSR count). The lowest BCUT2D eigenvalue weighted by Crippen LogP contribution is -2.46. The monoisotopic (exact) mass is 795 g/mol. The Kier molecular flexibility index (Phi) is 16.3. The van der Waals surface area contributed by atoms with E-state index in [0.717, 1.165) is 22.3 Å². The van der Waals surface area contributed by atoms with Gasteiger partial charge in [-0.1, -0.05) is 88.4 Å². The standard InChI is InChI=1S/C41H43N5O10.C2H6/c1-25(2)37(45-40(50)54-24-35-33-11-5-3-9-31(33)32-10-4-6-12-34(32)35)36(47)22-27(8-7-21-43-39(42)49)38(48)44-28-15-13-26(14-16-28)23-55-41(51)56-30-19-17-29(18-20-30)46(52)53;1-2/h3-6,9-20,25,27,35,37H,7-8,21-24H2,1-2H3,(H,44,48)(H,45,50)(H3,42,43,49);1-2H3/t27-,37+;/m1./s1. The third kappa shape index (κ3) is 12.4. The molecule has 58 heavy (non-hydrogen) atoms. The van der Waals surface area contributed by atoms with E-state index in [1.165, 1.54) is 24.3 Å². The molecule has 4 amide bonds. The summed E-state index contributed by atoms with van der Waals surface area (Å²) >= 11 is 0. The maximum Gasteiger partial charge on any atom is 0.514 e. The van der Waals surface area contributed by atoms with Crippen molar-refractivity contribution < 1.29 is 43.1 Å². The molecule has 0 saturated carbocycles. The molecule has 2 atom stereocenters. The first-order valence-corrected chi connectivity index (χ1v) is 19.1. The number of benzene rings is 4. The van der Waals surface area contributed by atoms with Crippen LogP contribution < -0.4 is 26.4 Å². The highest BCUT2D eigenvalue weighted by molar-refractivity contribution is 5.97. The summed E-state index contributed by atoms with van der Waals surface area (Å²) in [5, 5.41) is 18.8. The quantitative estimate of drug-likeness (QED) is 0.0266. The number of amides is 4. The van der Waals surface area contributed by atoms with Gasteiger partial charge in [-0.2, -0.15) is 0 Å². The van der Waals surface area contributed by atoms with Gasteiger partial charge in [0.05, 0.1) is 11.0 Å². The highest BCUT2D eigenvalue weighted by Crippen LogP contribution is 2.44. The predicted molar refractivity (Wildman–Crippen MR) is 217 cm³/mol. The zero-order valence-electron chi connectivity index (χ0n) is 32.9. The van der Waals surface area contributed by atoms with Crippen LogP contribution in [0, 0.1) is 22.0 Å². The summed E-state index contributed by atoms with van der Waals surface area (Å²) in [5.74, 6) is -2.02. The molecule has 15 heteroatoms. The van der Waals surface area contributed by atoms with Crippen molar-refractivity contribution in [1.29, 1.82) is 0 Å². The van der Waals surface area contributed by atoms with Crippen LogP contribution in [0.25, 0.3) is 11.1 Å². The van der Waals surface area contributed by atoms with Crippen molar-refractivity contribution in [1.82, 2.24) is 10.6 Å². The van der Waals surface area contributed by atoms with Gasteiger partial charge in [0.1, 0.15) is 19.0 Å². The van der Waals surface area contributed by atoms with Crippen molar-refractivity contribution in [3.05, 3.63) is 124 Å². The summed E-state index contributed by atoms with van der Waals surface area (Å²) in [7, 11) is 0. The minimum absolute atomic E-state index is 0.0739. The number of nitro groups is 1. The van der Waals surface area contributed by atoms with Crippen LogP contribution in [-0.4, -0.2) is 54.1 Å². The van der Waals surface area contributed by atoms with Gasteiger partial charge in [0.25, 0.3) is 5.69 Å². The molecule has 0 spiro atoms. The summed E-state index contributed by atoms with van der Waals surface area (Å²) in [6.45, 7) is 7.70. The summed E-state index contributed by atoms with van der Waals surface area (Å²) in [5.41, 5.74) is 10.3. The Balaban J connectivity index is 0.00000366. The number of anilines is 1. The molecule has 0 saturated heterocycles. The number of nitrogens with zero attached hydrogens (tertiary/aromatic N) is 1. The smallest absolute Gasteiger partial charge is 0.449 e. The largest absolute Gasteiger partial charge is 0.514 e. The van der Waals surface area contributed by atoms with E-state index in [1.807, 2.05) is 62.4 Å². The van der Waals surface area contributed by atoms with E-state index in [9.17, 15) is 34.1 Å². The first-order valence-electron chi connectivity index (χ1n) is 19.1. The second-order valence-electron chi connectivity index (χ2n) is 13.6. The molecule has 1 aliphatic carbocycles. The Morgan fingerprint density at radius 2 is 1.43 bits per heavy atom. The molecule has 306 valence electrons. The fourth-order valence-electron chi connectivity index (χ4n) is 6.47. The summed E-state index contributed by atoms with van der Waals surface area (Å²) in [6.07, 6.45) is -1.36. The van der Waals surface area contributed by atoms with Gasteiger partial charge in [-0.05, 0) is 70.8 Å². The van der Waals surface area contributed by atoms with Gasteiger partial charge in [0.15, 0.2) is 5.78 Å². The van der Waals surface area contributed by atoms with E-state index in [1.54, 1.807) is 38.1 Å². The summed E-state index contributed by atoms with van der Waals surface area (Å²) < 4.78 is 15.9. The number of nitrogens with two attached hydrogens (primary N) is 1. The SMILES string of the molecule is CC.CC(C)[C@H](NC(=O)OCC1c2ccccc2-c2ccccc21)C(=O)C[C@@H](CCCNC(N)=O)C(=O)Nc1ccc(COC(=O)Oc2ccc([N+](=O)[O-])cc2)cc1. The van der Waals surface area contributed by atoms with Crippen LogP contribution in [-0.2, 0) is 25.7 Å². The summed E-state index contributed by atoms with van der Waals surface area (Å²) in [6, 6.07) is 25.7. The minimum Gasteiger partial charge on any atom is -0.449 e. The number of carbonyl (C=O) groups excluding carboxylic acids is 5. The molecular weight excluding hydrogens is 746 g/mol. The number of hydrogen-bond acceptors (Lipinski definition) is 10. The van der Waals surface area contributed by atoms with Crippen molar-refractivity contribution >= 4 is 41.3 Å². The molecule has 0 unspecified atom stereocenters. The third-order valence-electron chi connectivity index (χ3n) is 9.30. The van der Waals surface area contributed by atoms with Crippen LogP contribution in [0.3, 0.4) is 0 Å². The van der Waals surface area contributed by atoms with E-state index < -0.39 is 41.1 Å². The van der Waals surface area contributed by atoms with Gasteiger partial charge in [0, 0.05) is 42.6 Å². The van der Waals surface area contributed by atoms with Crippen LogP contribution in [0.15, 0.2) is 97.1 Å². The molecule has 4 aromatic carbocycles. The number of ketones is 1. The number of primary amides is 1. The van der Waals surface area contributed by atoms with Crippen LogP contribution in [0.1, 0.15) is 69.6 Å². The van der Waals surface area contributed by atoms with Gasteiger partial charge in [0.2, 0.25) is 5.91 Å². The number of Topliss-reactive ketones (excluding diaryl/α,β-unsaturated/α-hetero) is 1. The Morgan fingerprint density at radius 3 is 2.00 bits per heavy atom. The predicted octanol–water partition coefficient (Wildman–Crippen LogP) is 7.86. The lowest BCUT2D eigenvalue weighted by Gasteiger charge is -2.24. The average molecular weight is 796 g/mol. The van der Waals surface area contributed by atoms with Gasteiger partial charge in [-0.15, -0.1) is 0 Å². The molecule has 0 radical (unpaired) electrons. The number of nitro benzene ring substituents is 1. The number of fused-ring (bicyclic) bond motifs is 3. The molecule has 15 nitrogen and oxygen atoms in total. The fraction of sp³-hybridized carbons (Fsp3) is 0.326. The molecule has 5 N–H and O–H groups in total. The molecule has 0 bridgehead atoms. The van der Waals surface area contributed by atoms with Gasteiger partial charge >= 0.3 is 18.3 Å². The number of ether oxygens (including phenoxy) is 3. The summed E-state index contributed by atoms with van der Waals surface area (Å²) in [4.78, 5) is 74.0. The zero-order valence-corrected chi connectivity index (χ0v) is 32.9. The maximum absolute atomic E-state index is 13.7. The molecule has 0 fully saturated rings. The number of carbonyl (C=O) groups is 5. The number of rotatable bonds is 17. The van der Waals surface area contributed by atoms with Gasteiger partial charge in [-0.25, -0.2) is 14.4 Å². The Hall–Kier alpha value is -6.77. The zero-order chi connectivity index (χ0) is 42.2. The van der Waals surface area contributed by atoms with Crippen LogP contribution in [0.5, 0.6) is 5.75 Å². The van der Waals surface area contributed by atoms with Crippen LogP contribution in [0.4, 0.5) is 25.8 Å². The maximum atomic E-state index is 13.7. The third-order valence-corrected chi connectivity index (χ3v) is 9.30. The van der Waals surface area contributed by atoms with E-state index in [2.05, 4.69) is 16.0 Å². The molecule has 0 aromatic heterocycles. The number of non-ortho nitro benzene ring substituents is 1. The average Bonchev–Trinajstić information content (AvgIpc) is 3.54. The number of hydrogen-bond donors (Lipinski definition) is 4. The van der Waals surface area contributed by atoms with E-state index in [4.69, 9.17) is 19.9 Å². The topological polar surface area (TPSA) is 218 Å². The van der Waals surface area contributed by atoms with Crippen molar-refractivity contribution in [2.24, 2.45) is 17.6 Å². The van der Waals surface area contributed by atoms with Crippen molar-refractivity contribution in [2.45, 2.75) is 65.5 Å². The second kappa shape index (κ2) is 21.5. The fourth-order valence-corrected chi connectivity index (χ4v) is 6.47. The highest BCUT2D eigenvalue weighted by Gasteiger charge is 2.32. The Labute approximate surface area is 336 Å². The number of urea groups is 1. The normalized spacial score (nSPS) is 12.4. The van der Waals surface area contributed by atoms with Crippen molar-refractivity contribution in [3.63, 3.8) is 0 Å².